The molecule has 1 N–H and O–H groups in total. The zero-order valence-electron chi connectivity index (χ0n) is 5.29. The Labute approximate surface area is 57.1 Å². The molecular weight excluding hydrogens is 128 g/mol. The average Bonchev–Trinajstić information content (AvgIpc) is 2.33. The van der Waals surface area contributed by atoms with E-state index in [0.29, 0.717) is 6.42 Å². The molecule has 3 nitrogen and oxygen atoms in total. The molecule has 2 heterocycles. The third kappa shape index (κ3) is 0.673. The molecule has 0 radical (unpaired) electrons. The lowest BCUT2D eigenvalue weighted by atomic mass is 10.3. The molecule has 1 aromatic rings. The number of fused-ring (bicyclic) bond motifs is 1. The maximum Gasteiger partial charge on any atom is 0.250 e. The zero-order valence-corrected chi connectivity index (χ0v) is 5.29. The largest absolute Gasteiger partial charge is 0.360 e. The lowest BCUT2D eigenvalue weighted by Crippen LogP contribution is -2.27. The second-order valence-electron chi connectivity index (χ2n) is 2.19. The Hall–Kier alpha value is -1.38. The third-order valence-corrected chi connectivity index (χ3v) is 1.48. The quantitative estimate of drug-likeness (QED) is 0.503. The first-order valence-corrected chi connectivity index (χ1v) is 3.11. The van der Waals surface area contributed by atoms with Crippen LogP contribution in [-0.2, 0) is 4.79 Å². The molecule has 0 atom stereocenters. The molecular formula is C7H6N2O. The van der Waals surface area contributed by atoms with Crippen LogP contribution in [0.1, 0.15) is 6.42 Å². The van der Waals surface area contributed by atoms with Gasteiger partial charge in [-0.05, 0) is 12.1 Å². The lowest BCUT2D eigenvalue weighted by Gasteiger charge is -1.90. The van der Waals surface area contributed by atoms with Gasteiger partial charge >= 0.3 is 0 Å². The number of H-pyrrole nitrogens is 1. The molecule has 0 spiro atoms. The number of aromatic nitrogens is 1. The van der Waals surface area contributed by atoms with Gasteiger partial charge in [-0.3, -0.25) is 4.79 Å². The van der Waals surface area contributed by atoms with Crippen molar-refractivity contribution in [3.05, 3.63) is 23.0 Å². The van der Waals surface area contributed by atoms with E-state index in [1.54, 1.807) is 12.3 Å². The number of aromatic amines is 1. The minimum absolute atomic E-state index is 0.0629. The highest BCUT2D eigenvalue weighted by Crippen LogP contribution is 1.87. The van der Waals surface area contributed by atoms with Gasteiger partial charge in [-0.1, -0.05) is 0 Å². The minimum atomic E-state index is -0.0629. The van der Waals surface area contributed by atoms with Crippen LogP contribution < -0.4 is 10.7 Å². The van der Waals surface area contributed by atoms with Crippen LogP contribution in [0, 0.1) is 0 Å². The van der Waals surface area contributed by atoms with Crippen LogP contribution in [0.3, 0.4) is 0 Å². The van der Waals surface area contributed by atoms with E-state index in [1.165, 1.54) is 0 Å². The molecule has 0 fully saturated rings. The van der Waals surface area contributed by atoms with Crippen LogP contribution in [0.4, 0.5) is 0 Å². The van der Waals surface area contributed by atoms with Gasteiger partial charge in [0.15, 0.2) is 0 Å². The predicted molar refractivity (Wildman–Crippen MR) is 35.7 cm³/mol. The fourth-order valence-corrected chi connectivity index (χ4v) is 1.00. The molecule has 0 saturated carbocycles. The number of amides is 1. The summed E-state index contributed by atoms with van der Waals surface area (Å²) in [7, 11) is 0. The van der Waals surface area contributed by atoms with Crippen LogP contribution in [-0.4, -0.2) is 10.9 Å². The van der Waals surface area contributed by atoms with Crippen molar-refractivity contribution in [2.45, 2.75) is 6.42 Å². The van der Waals surface area contributed by atoms with Gasteiger partial charge < -0.3 is 4.98 Å². The van der Waals surface area contributed by atoms with Crippen LogP contribution in [0.25, 0.3) is 6.08 Å². The van der Waals surface area contributed by atoms with E-state index in [9.17, 15) is 4.79 Å². The summed E-state index contributed by atoms with van der Waals surface area (Å²) >= 11 is 0. The average molecular weight is 134 g/mol. The van der Waals surface area contributed by atoms with E-state index in [2.05, 4.69) is 9.98 Å². The van der Waals surface area contributed by atoms with E-state index in [-0.39, 0.29) is 5.91 Å². The van der Waals surface area contributed by atoms with Crippen molar-refractivity contribution in [3.63, 3.8) is 0 Å². The first kappa shape index (κ1) is 5.41. The van der Waals surface area contributed by atoms with Gasteiger partial charge in [-0.25, -0.2) is 4.99 Å². The first-order valence-electron chi connectivity index (χ1n) is 3.11. The normalized spacial score (nSPS) is 15.4. The smallest absolute Gasteiger partial charge is 0.250 e. The minimum Gasteiger partial charge on any atom is -0.360 e. The lowest BCUT2D eigenvalue weighted by molar-refractivity contribution is -0.117. The number of nitrogens with one attached hydrogen (secondary N) is 1. The molecule has 0 unspecified atom stereocenters. The molecule has 0 saturated heterocycles. The SMILES string of the molecule is O=C1CC=c2[nH]ccc2=N1. The van der Waals surface area contributed by atoms with E-state index >= 15 is 0 Å². The van der Waals surface area contributed by atoms with Crippen molar-refractivity contribution >= 4 is 12.0 Å². The second-order valence-corrected chi connectivity index (χ2v) is 2.19. The monoisotopic (exact) mass is 134 g/mol. The number of carbonyl (C=O) groups is 1. The Balaban J connectivity index is 2.85. The maximum absolute atomic E-state index is 10.7. The molecule has 1 aliphatic heterocycles. The van der Waals surface area contributed by atoms with Gasteiger partial charge in [0.25, 0.3) is 0 Å². The molecule has 1 aliphatic rings. The second kappa shape index (κ2) is 1.80. The number of carbonyl (C=O) groups excluding carboxylic acids is 1. The highest BCUT2D eigenvalue weighted by atomic mass is 16.1. The summed E-state index contributed by atoms with van der Waals surface area (Å²) in [6.07, 6.45) is 4.06. The number of rotatable bonds is 0. The Morgan fingerprint density at radius 1 is 1.60 bits per heavy atom. The van der Waals surface area contributed by atoms with E-state index < -0.39 is 0 Å². The fraction of sp³-hybridized carbons (Fsp3) is 0.143. The molecule has 0 aliphatic carbocycles. The maximum atomic E-state index is 10.7. The summed E-state index contributed by atoms with van der Waals surface area (Å²) in [5.74, 6) is -0.0629. The Morgan fingerprint density at radius 3 is 3.40 bits per heavy atom. The zero-order chi connectivity index (χ0) is 6.97. The highest BCUT2D eigenvalue weighted by Gasteiger charge is 2.01. The van der Waals surface area contributed by atoms with Gasteiger partial charge in [0.2, 0.25) is 5.91 Å². The van der Waals surface area contributed by atoms with Crippen LogP contribution in [0.2, 0.25) is 0 Å². The Morgan fingerprint density at radius 2 is 2.50 bits per heavy atom. The Bertz CT molecular complexity index is 375. The number of hydrogen-bond donors (Lipinski definition) is 1. The summed E-state index contributed by atoms with van der Waals surface area (Å²) in [6, 6.07) is 1.79. The van der Waals surface area contributed by atoms with E-state index in [4.69, 9.17) is 0 Å². The highest BCUT2D eigenvalue weighted by molar-refractivity contribution is 5.82. The van der Waals surface area contributed by atoms with Crippen LogP contribution in [0.15, 0.2) is 17.3 Å². The van der Waals surface area contributed by atoms with Gasteiger partial charge in [-0.2, -0.15) is 0 Å². The van der Waals surface area contributed by atoms with Gasteiger partial charge in [0.05, 0.1) is 10.7 Å². The summed E-state index contributed by atoms with van der Waals surface area (Å²) in [5, 5.41) is 1.72. The summed E-state index contributed by atoms with van der Waals surface area (Å²) in [4.78, 5) is 17.5. The van der Waals surface area contributed by atoms with Gasteiger partial charge in [0.1, 0.15) is 0 Å². The van der Waals surface area contributed by atoms with Crippen molar-refractivity contribution in [1.29, 1.82) is 0 Å². The number of nitrogens with zero attached hydrogens (tertiary/aromatic N) is 1. The molecule has 10 heavy (non-hydrogen) atoms. The van der Waals surface area contributed by atoms with Crippen LogP contribution >= 0.6 is 0 Å². The number of hydrogen-bond acceptors (Lipinski definition) is 1. The molecule has 0 aromatic carbocycles. The van der Waals surface area contributed by atoms with Gasteiger partial charge in [-0.15, -0.1) is 0 Å². The van der Waals surface area contributed by atoms with E-state index in [1.807, 2.05) is 6.08 Å². The van der Waals surface area contributed by atoms with Crippen LogP contribution in [0.5, 0.6) is 0 Å². The summed E-state index contributed by atoms with van der Waals surface area (Å²) < 4.78 is 0. The first-order chi connectivity index (χ1) is 4.86. The molecule has 1 aromatic heterocycles. The molecule has 0 bridgehead atoms. The molecule has 50 valence electrons. The predicted octanol–water partition coefficient (Wildman–Crippen LogP) is -0.655. The van der Waals surface area contributed by atoms with E-state index in [0.717, 1.165) is 10.7 Å². The van der Waals surface area contributed by atoms with Crippen molar-refractivity contribution in [3.8, 4) is 0 Å². The fourth-order valence-electron chi connectivity index (χ4n) is 1.00. The third-order valence-electron chi connectivity index (χ3n) is 1.48. The standard InChI is InChI=1S/C7H6N2O/c10-7-2-1-5-6(9-7)3-4-8-5/h1,3-4,8H,2H2. The van der Waals surface area contributed by atoms with Crippen molar-refractivity contribution in [2.24, 2.45) is 4.99 Å². The van der Waals surface area contributed by atoms with Gasteiger partial charge in [0, 0.05) is 12.6 Å². The van der Waals surface area contributed by atoms with Crippen molar-refractivity contribution in [2.75, 3.05) is 0 Å². The Kier molecular flexibility index (Phi) is 0.974. The molecule has 1 amide bonds. The molecule has 2 rings (SSSR count). The topological polar surface area (TPSA) is 45.2 Å². The summed E-state index contributed by atoms with van der Waals surface area (Å²) in [6.45, 7) is 0. The van der Waals surface area contributed by atoms with Crippen molar-refractivity contribution < 1.29 is 4.79 Å². The van der Waals surface area contributed by atoms with Crippen molar-refractivity contribution in [1.82, 2.24) is 4.98 Å². The summed E-state index contributed by atoms with van der Waals surface area (Å²) in [5.41, 5.74) is 0. The molecule has 3 heteroatoms.